The molecule has 0 spiro atoms. The number of rotatable bonds is 17. The van der Waals surface area contributed by atoms with Crippen LogP contribution in [-0.2, 0) is 14.3 Å². The van der Waals surface area contributed by atoms with Crippen molar-refractivity contribution in [2.24, 2.45) is 17.8 Å². The van der Waals surface area contributed by atoms with Crippen molar-refractivity contribution in [2.75, 3.05) is 27.7 Å². The fourth-order valence-electron chi connectivity index (χ4n) is 6.29. The zero-order chi connectivity index (χ0) is 32.9. The second kappa shape index (κ2) is 17.8. The van der Waals surface area contributed by atoms with E-state index in [1.54, 1.807) is 34.7 Å². The predicted octanol–water partition coefficient (Wildman–Crippen LogP) is -3.84. The molecule has 13 heteroatoms. The van der Waals surface area contributed by atoms with Crippen LogP contribution in [0, 0.1) is 17.8 Å². The number of carboxylic acid groups (broad SMARTS) is 1. The van der Waals surface area contributed by atoms with Crippen molar-refractivity contribution in [3.63, 3.8) is 0 Å². The van der Waals surface area contributed by atoms with Gasteiger partial charge in [-0.05, 0) is 74.0 Å². The summed E-state index contributed by atoms with van der Waals surface area (Å²) in [5.41, 5.74) is -3.34. The molecule has 0 aromatic carbocycles. The molecule has 0 aromatic heterocycles. The summed E-state index contributed by atoms with van der Waals surface area (Å²) in [5.74, 6) is -3.78. The summed E-state index contributed by atoms with van der Waals surface area (Å²) in [6.07, 6.45) is -6.40. The Hall–Kier alpha value is 0.0700. The zero-order valence-corrected chi connectivity index (χ0v) is 30.5. The molecule has 0 bridgehead atoms. The molecule has 43 heavy (non-hydrogen) atoms. The molecule has 4 unspecified atom stereocenters. The van der Waals surface area contributed by atoms with Gasteiger partial charge in [0.2, 0.25) is 0 Å². The van der Waals surface area contributed by atoms with Crippen LogP contribution in [0.3, 0.4) is 0 Å². The van der Waals surface area contributed by atoms with Gasteiger partial charge in [0.1, 0.15) is 17.8 Å². The van der Waals surface area contributed by atoms with Gasteiger partial charge < -0.3 is 59.8 Å². The van der Waals surface area contributed by atoms with E-state index in [2.05, 4.69) is 0 Å². The van der Waals surface area contributed by atoms with Gasteiger partial charge in [-0.25, -0.2) is 0 Å². The van der Waals surface area contributed by atoms with E-state index < -0.39 is 71.9 Å². The monoisotopic (exact) mass is 630 g/mol. The van der Waals surface area contributed by atoms with E-state index in [1.807, 2.05) is 37.7 Å². The Bertz CT molecular complexity index is 835. The Kier molecular flexibility index (Phi) is 17.9. The van der Waals surface area contributed by atoms with Crippen LogP contribution < -0.4 is 34.7 Å². The van der Waals surface area contributed by atoms with Crippen LogP contribution in [0.25, 0.3) is 0 Å². The number of hydrogen-bond donors (Lipinski definition) is 6. The molecule has 1 aliphatic heterocycles. The number of carbonyl (C=O) groups is 1. The van der Waals surface area contributed by atoms with E-state index in [-0.39, 0.29) is 60.5 Å². The van der Waals surface area contributed by atoms with Gasteiger partial charge in [0, 0.05) is 36.4 Å². The minimum absolute atomic E-state index is 0. The summed E-state index contributed by atoms with van der Waals surface area (Å²) >= 11 is 0. The molecule has 1 saturated heterocycles. The van der Waals surface area contributed by atoms with Crippen molar-refractivity contribution in [3.8, 4) is 0 Å². The number of hydrogen-bond acceptors (Lipinski definition) is 12. The van der Waals surface area contributed by atoms with E-state index in [1.165, 1.54) is 13.8 Å². The Morgan fingerprint density at radius 1 is 1.09 bits per heavy atom. The van der Waals surface area contributed by atoms with E-state index in [9.17, 15) is 40.5 Å². The van der Waals surface area contributed by atoms with Crippen molar-refractivity contribution >= 4 is 5.97 Å². The van der Waals surface area contributed by atoms with Crippen LogP contribution in [0.4, 0.5) is 0 Å². The van der Waals surface area contributed by atoms with Gasteiger partial charge in [-0.3, -0.25) is 0 Å². The van der Waals surface area contributed by atoms with Crippen molar-refractivity contribution in [1.82, 2.24) is 9.80 Å². The molecule has 0 saturated carbocycles. The fraction of sp³-hybridized carbons (Fsp3) is 0.967. The van der Waals surface area contributed by atoms with Crippen LogP contribution in [0.15, 0.2) is 0 Å². The number of aliphatic carboxylic acids is 1. The molecule has 0 amide bonds. The van der Waals surface area contributed by atoms with Crippen LogP contribution in [0.5, 0.6) is 0 Å². The molecule has 1 fully saturated rings. The van der Waals surface area contributed by atoms with Gasteiger partial charge in [-0.2, -0.15) is 0 Å². The Balaban J connectivity index is 0.0000176. The normalized spacial score (nSPS) is 29.7. The molecule has 12 nitrogen and oxygen atoms in total. The number of ether oxygens (including phenoxy) is 2. The molecule has 6 N–H and O–H groups in total. The van der Waals surface area contributed by atoms with Gasteiger partial charge in [0.05, 0.1) is 30.0 Å². The molecule has 1 heterocycles. The molecule has 0 aromatic rings. The third kappa shape index (κ3) is 11.4. The maximum absolute atomic E-state index is 11.8. The molecule has 1 aliphatic rings. The van der Waals surface area contributed by atoms with E-state index >= 15 is 0 Å². The third-order valence-electron chi connectivity index (χ3n) is 9.24. The molecule has 0 radical (unpaired) electrons. The second-order valence-corrected chi connectivity index (χ2v) is 13.5. The van der Waals surface area contributed by atoms with Crippen molar-refractivity contribution in [2.45, 2.75) is 141 Å². The number of likely N-dealkylation sites (N-methyl/N-ethyl adjacent to an activating group) is 2. The van der Waals surface area contributed by atoms with E-state index in [4.69, 9.17) is 9.47 Å². The maximum atomic E-state index is 11.8. The van der Waals surface area contributed by atoms with Gasteiger partial charge in [-0.15, -0.1) is 0 Å². The number of aliphatic hydroxyl groups is 6. The summed E-state index contributed by atoms with van der Waals surface area (Å²) in [7, 11) is 5.44. The van der Waals surface area contributed by atoms with Gasteiger partial charge >= 0.3 is 29.6 Å². The van der Waals surface area contributed by atoms with Crippen LogP contribution in [-0.4, -0.2) is 140 Å². The second-order valence-electron chi connectivity index (χ2n) is 13.5. The quantitative estimate of drug-likeness (QED) is 0.0862. The third-order valence-corrected chi connectivity index (χ3v) is 9.24. The summed E-state index contributed by atoms with van der Waals surface area (Å²) in [5, 5.41) is 77.2. The average molecular weight is 631 g/mol. The first-order valence-electron chi connectivity index (χ1n) is 15.1. The van der Waals surface area contributed by atoms with Crippen molar-refractivity contribution < 1.29 is 79.6 Å². The summed E-state index contributed by atoms with van der Waals surface area (Å²) in [6.45, 7) is 13.4. The molecule has 1 rings (SSSR count). The fourth-order valence-corrected chi connectivity index (χ4v) is 6.29. The Labute approximate surface area is 280 Å². The SMILES string of the molecule is CC[C@@H](O)[C@@](C)(O)[C@H](O)[C@@H](C)N(C)C[C@H](C)C[C@@](C)(O)[C@H](OC1OC(C)CC(N(C)C)C1O)[C@@H](C)[C@H](O)[C@@H](C)C(=O)[O-].[Na+]. The predicted molar refractivity (Wildman–Crippen MR) is 156 cm³/mol. The Morgan fingerprint density at radius 3 is 2.09 bits per heavy atom. The Morgan fingerprint density at radius 2 is 1.63 bits per heavy atom. The zero-order valence-electron chi connectivity index (χ0n) is 28.5. The first kappa shape index (κ1) is 43.1. The van der Waals surface area contributed by atoms with Crippen molar-refractivity contribution in [3.05, 3.63) is 0 Å². The van der Waals surface area contributed by atoms with Crippen molar-refractivity contribution in [1.29, 1.82) is 0 Å². The largest absolute Gasteiger partial charge is 1.00 e. The molecule has 0 aliphatic carbocycles. The number of carbonyl (C=O) groups excluding carboxylic acids is 1. The summed E-state index contributed by atoms with van der Waals surface area (Å²) in [4.78, 5) is 15.3. The minimum Gasteiger partial charge on any atom is -0.550 e. The first-order chi connectivity index (χ1) is 19.1. The number of nitrogens with zero attached hydrogens (tertiary/aromatic N) is 2. The first-order valence-corrected chi connectivity index (χ1v) is 15.1. The van der Waals surface area contributed by atoms with E-state index in [0.717, 1.165) is 0 Å². The van der Waals surface area contributed by atoms with Gasteiger partial charge in [0.25, 0.3) is 0 Å². The van der Waals surface area contributed by atoms with Gasteiger partial charge in [-0.1, -0.05) is 27.7 Å². The summed E-state index contributed by atoms with van der Waals surface area (Å²) in [6, 6.07) is -0.823. The molecular weight excluding hydrogens is 571 g/mol. The topological polar surface area (TPSA) is 186 Å². The molecule has 14 atom stereocenters. The maximum Gasteiger partial charge on any atom is 1.00 e. The number of carboxylic acids is 1. The molecule has 250 valence electrons. The smallest absolute Gasteiger partial charge is 0.550 e. The minimum atomic E-state index is -1.72. The average Bonchev–Trinajstić information content (AvgIpc) is 2.89. The summed E-state index contributed by atoms with van der Waals surface area (Å²) < 4.78 is 12.2. The van der Waals surface area contributed by atoms with Crippen LogP contribution >= 0.6 is 0 Å². The van der Waals surface area contributed by atoms with Crippen LogP contribution in [0.1, 0.15) is 74.7 Å². The van der Waals surface area contributed by atoms with E-state index in [0.29, 0.717) is 13.0 Å². The number of aliphatic hydroxyl groups excluding tert-OH is 4. The molecular formula is C30H59N2NaO10. The van der Waals surface area contributed by atoms with Gasteiger partial charge in [0.15, 0.2) is 6.29 Å². The standard InChI is InChI=1S/C30H60N2O10.Na/c1-12-22(33)30(8,40)25(36)20(6)32(11)15-16(2)14-29(7,39)26(18(4)23(34)19(5)27(37)38)42-28-24(35)21(31(9)10)13-17(3)41-28;/h16-26,28,33-36,39-40H,12-15H2,1-11H3,(H,37,38);/q;+1/p-1/t16-,17?,18+,19-,20-,21?,22-,23+,24?,25-,26-,28?,29-,30-;/m1./s1. The van der Waals surface area contributed by atoms with Crippen LogP contribution in [0.2, 0.25) is 0 Å².